The number of hydrogen-bond acceptors (Lipinski definition) is 4. The average molecular weight is 319 g/mol. The van der Waals surface area contributed by atoms with E-state index in [2.05, 4.69) is 26.8 Å². The molecule has 0 atom stereocenters. The Balaban J connectivity index is 1.81. The predicted octanol–water partition coefficient (Wildman–Crippen LogP) is 3.99. The summed E-state index contributed by atoms with van der Waals surface area (Å²) in [5.74, 6) is 0. The van der Waals surface area contributed by atoms with Crippen LogP contribution in [0.15, 0.2) is 65.8 Å². The van der Waals surface area contributed by atoms with Crippen molar-refractivity contribution in [1.82, 2.24) is 14.6 Å². The van der Waals surface area contributed by atoms with Crippen molar-refractivity contribution in [2.45, 2.75) is 0 Å². The quantitative estimate of drug-likeness (QED) is 0.341. The summed E-state index contributed by atoms with van der Waals surface area (Å²) in [4.78, 5) is 0. The maximum atomic E-state index is 5.35. The summed E-state index contributed by atoms with van der Waals surface area (Å²) in [6.45, 7) is 0. The fourth-order valence-electron chi connectivity index (χ4n) is 2.54. The van der Waals surface area contributed by atoms with Crippen LogP contribution in [0, 0.1) is 4.77 Å². The topological polar surface area (TPSA) is 57.5 Å². The molecule has 0 bridgehead atoms. The molecule has 4 rings (SSSR count). The fourth-order valence-corrected chi connectivity index (χ4v) is 2.77. The number of hydrazone groups is 1. The molecule has 23 heavy (non-hydrogen) atoms. The molecule has 112 valence electrons. The van der Waals surface area contributed by atoms with E-state index in [0.717, 1.165) is 27.8 Å². The molecular formula is C17H13N5S. The van der Waals surface area contributed by atoms with Gasteiger partial charge in [0, 0.05) is 5.56 Å². The van der Waals surface area contributed by atoms with E-state index in [9.17, 15) is 0 Å². The van der Waals surface area contributed by atoms with E-state index in [1.54, 1.807) is 6.21 Å². The first-order valence-electron chi connectivity index (χ1n) is 7.16. The number of para-hydroxylation sites is 2. The largest absolute Gasteiger partial charge is 0.279 e. The van der Waals surface area contributed by atoms with Gasteiger partial charge in [0.15, 0.2) is 10.4 Å². The third kappa shape index (κ3) is 2.49. The highest BCUT2D eigenvalue weighted by atomic mass is 32.1. The van der Waals surface area contributed by atoms with Crippen molar-refractivity contribution in [2.75, 3.05) is 5.43 Å². The van der Waals surface area contributed by atoms with Gasteiger partial charge in [0.05, 0.1) is 17.4 Å². The molecule has 0 radical (unpaired) electrons. The van der Waals surface area contributed by atoms with E-state index in [4.69, 9.17) is 12.2 Å². The van der Waals surface area contributed by atoms with Gasteiger partial charge in [-0.1, -0.05) is 36.4 Å². The van der Waals surface area contributed by atoms with Crippen molar-refractivity contribution in [2.24, 2.45) is 5.10 Å². The highest BCUT2D eigenvalue weighted by Crippen LogP contribution is 2.19. The molecule has 5 nitrogen and oxygen atoms in total. The van der Waals surface area contributed by atoms with Gasteiger partial charge in [-0.2, -0.15) is 10.2 Å². The molecule has 0 saturated carbocycles. The summed E-state index contributed by atoms with van der Waals surface area (Å²) >= 11 is 5.35. The fraction of sp³-hybridized carbons (Fsp3) is 0. The number of aromatic nitrogens is 3. The van der Waals surface area contributed by atoms with Crippen LogP contribution in [0.5, 0.6) is 0 Å². The zero-order chi connectivity index (χ0) is 15.6. The molecule has 0 unspecified atom stereocenters. The molecule has 2 aromatic carbocycles. The first kappa shape index (κ1) is 13.7. The standard InChI is InChI=1S/C17H13N5S/c23-17-21-20-16-13(11-18-19-14-7-2-1-3-8-14)10-12-6-4-5-9-15(12)22(16)17/h1-11,19H,(H,21,23)/b18-11+. The van der Waals surface area contributed by atoms with E-state index in [-0.39, 0.29) is 0 Å². The molecule has 0 aliphatic rings. The number of nitrogens with one attached hydrogen (secondary N) is 2. The second kappa shape index (κ2) is 5.66. The van der Waals surface area contributed by atoms with Crippen LogP contribution in [0.1, 0.15) is 5.56 Å². The van der Waals surface area contributed by atoms with Gasteiger partial charge in [-0.05, 0) is 41.9 Å². The Bertz CT molecular complexity index is 1060. The Kier molecular flexibility index (Phi) is 3.36. The van der Waals surface area contributed by atoms with Gasteiger partial charge >= 0.3 is 0 Å². The highest BCUT2D eigenvalue weighted by molar-refractivity contribution is 7.71. The van der Waals surface area contributed by atoms with Crippen molar-refractivity contribution >= 4 is 40.7 Å². The lowest BCUT2D eigenvalue weighted by Crippen LogP contribution is -1.96. The van der Waals surface area contributed by atoms with Crippen LogP contribution >= 0.6 is 12.2 Å². The van der Waals surface area contributed by atoms with Crippen LogP contribution in [-0.2, 0) is 0 Å². The van der Waals surface area contributed by atoms with Crippen LogP contribution in [0.25, 0.3) is 16.6 Å². The van der Waals surface area contributed by atoms with Crippen LogP contribution in [0.4, 0.5) is 5.69 Å². The van der Waals surface area contributed by atoms with Gasteiger partial charge in [0.25, 0.3) is 0 Å². The number of benzene rings is 2. The zero-order valence-electron chi connectivity index (χ0n) is 12.1. The number of fused-ring (bicyclic) bond motifs is 3. The Morgan fingerprint density at radius 2 is 1.87 bits per heavy atom. The summed E-state index contributed by atoms with van der Waals surface area (Å²) in [5.41, 5.74) is 6.61. The lowest BCUT2D eigenvalue weighted by Gasteiger charge is -2.04. The number of hydrogen-bond donors (Lipinski definition) is 2. The Morgan fingerprint density at radius 3 is 2.74 bits per heavy atom. The van der Waals surface area contributed by atoms with Crippen molar-refractivity contribution in [1.29, 1.82) is 0 Å². The van der Waals surface area contributed by atoms with Crippen molar-refractivity contribution in [3.8, 4) is 0 Å². The molecule has 0 saturated heterocycles. The zero-order valence-corrected chi connectivity index (χ0v) is 12.9. The minimum atomic E-state index is 0.572. The first-order chi connectivity index (χ1) is 11.3. The Labute approximate surface area is 137 Å². The SMILES string of the molecule is S=c1[nH]nc2c(/C=N/Nc3ccccc3)cc3ccccc3n12. The normalized spacial score (nSPS) is 11.5. The van der Waals surface area contributed by atoms with Gasteiger partial charge in [-0.25, -0.2) is 0 Å². The molecule has 0 fully saturated rings. The summed E-state index contributed by atoms with van der Waals surface area (Å²) in [5, 5.41) is 12.6. The Morgan fingerprint density at radius 1 is 1.09 bits per heavy atom. The van der Waals surface area contributed by atoms with Gasteiger partial charge in [-0.15, -0.1) is 0 Å². The van der Waals surface area contributed by atoms with Crippen LogP contribution < -0.4 is 5.43 Å². The average Bonchev–Trinajstić information content (AvgIpc) is 2.98. The monoisotopic (exact) mass is 319 g/mol. The molecule has 6 heteroatoms. The number of H-pyrrole nitrogens is 1. The van der Waals surface area contributed by atoms with Gasteiger partial charge in [0.2, 0.25) is 0 Å². The summed E-state index contributed by atoms with van der Waals surface area (Å²) in [7, 11) is 0. The first-order valence-corrected chi connectivity index (χ1v) is 7.57. The summed E-state index contributed by atoms with van der Waals surface area (Å²) < 4.78 is 2.50. The van der Waals surface area contributed by atoms with E-state index in [1.807, 2.05) is 59.0 Å². The predicted molar refractivity (Wildman–Crippen MR) is 95.5 cm³/mol. The summed E-state index contributed by atoms with van der Waals surface area (Å²) in [6.07, 6.45) is 1.75. The van der Waals surface area contributed by atoms with Gasteiger partial charge in [0.1, 0.15) is 0 Å². The van der Waals surface area contributed by atoms with Gasteiger partial charge < -0.3 is 0 Å². The van der Waals surface area contributed by atoms with Crippen LogP contribution in [0.2, 0.25) is 0 Å². The van der Waals surface area contributed by atoms with Crippen molar-refractivity contribution in [3.05, 3.63) is 71.0 Å². The second-order valence-corrected chi connectivity index (χ2v) is 5.47. The van der Waals surface area contributed by atoms with Crippen LogP contribution in [0.3, 0.4) is 0 Å². The number of anilines is 1. The third-order valence-corrected chi connectivity index (χ3v) is 3.86. The van der Waals surface area contributed by atoms with Crippen LogP contribution in [-0.4, -0.2) is 20.8 Å². The lowest BCUT2D eigenvalue weighted by molar-refractivity contribution is 1.09. The Hall–Kier alpha value is -2.99. The number of pyridine rings is 1. The molecule has 4 aromatic rings. The third-order valence-electron chi connectivity index (χ3n) is 3.59. The molecule has 0 aliphatic carbocycles. The van der Waals surface area contributed by atoms with E-state index < -0.39 is 0 Å². The number of rotatable bonds is 3. The van der Waals surface area contributed by atoms with E-state index >= 15 is 0 Å². The number of nitrogens with zero attached hydrogens (tertiary/aromatic N) is 3. The molecule has 2 N–H and O–H groups in total. The lowest BCUT2D eigenvalue weighted by atomic mass is 10.1. The van der Waals surface area contributed by atoms with E-state index in [1.165, 1.54) is 0 Å². The molecular weight excluding hydrogens is 306 g/mol. The smallest absolute Gasteiger partial charge is 0.200 e. The molecule has 0 aliphatic heterocycles. The second-order valence-electron chi connectivity index (χ2n) is 5.08. The minimum Gasteiger partial charge on any atom is -0.279 e. The van der Waals surface area contributed by atoms with Crippen molar-refractivity contribution in [3.63, 3.8) is 0 Å². The molecule has 2 heterocycles. The summed E-state index contributed by atoms with van der Waals surface area (Å²) in [6, 6.07) is 19.9. The van der Waals surface area contributed by atoms with Gasteiger partial charge in [-0.3, -0.25) is 14.9 Å². The van der Waals surface area contributed by atoms with E-state index in [0.29, 0.717) is 4.77 Å². The van der Waals surface area contributed by atoms with Crippen molar-refractivity contribution < 1.29 is 0 Å². The minimum absolute atomic E-state index is 0.572. The molecule has 2 aromatic heterocycles. The molecule has 0 amide bonds. The molecule has 0 spiro atoms. The maximum Gasteiger partial charge on any atom is 0.200 e. The maximum absolute atomic E-state index is 5.35. The number of aromatic amines is 1. The highest BCUT2D eigenvalue weighted by Gasteiger charge is 2.07.